The molecule has 1 unspecified atom stereocenters. The van der Waals surface area contributed by atoms with Crippen molar-refractivity contribution in [3.63, 3.8) is 0 Å². The van der Waals surface area contributed by atoms with Crippen LogP contribution >= 0.6 is 11.8 Å². The van der Waals surface area contributed by atoms with Crippen molar-refractivity contribution in [2.75, 3.05) is 12.4 Å². The number of nitrogens with one attached hydrogen (secondary N) is 1. The Morgan fingerprint density at radius 1 is 1.36 bits per heavy atom. The smallest absolute Gasteiger partial charge is 0.230 e. The van der Waals surface area contributed by atoms with E-state index in [-0.39, 0.29) is 29.1 Å². The maximum atomic E-state index is 13.3. The molecule has 1 aromatic carbocycles. The highest BCUT2D eigenvalue weighted by atomic mass is 32.2. The van der Waals surface area contributed by atoms with Crippen molar-refractivity contribution in [3.8, 4) is 11.4 Å². The fourth-order valence-corrected chi connectivity index (χ4v) is 3.74. The van der Waals surface area contributed by atoms with Gasteiger partial charge in [0.05, 0.1) is 18.4 Å². The molecule has 1 aliphatic rings. The first kappa shape index (κ1) is 20.8. The molecule has 6 nitrogen and oxygen atoms in total. The van der Waals surface area contributed by atoms with Gasteiger partial charge in [-0.2, -0.15) is 0 Å². The Kier molecular flexibility index (Phi) is 6.72. The number of carbonyl (C=O) groups is 1. The molecule has 8 heteroatoms. The van der Waals surface area contributed by atoms with Gasteiger partial charge in [0.25, 0.3) is 0 Å². The molecule has 2 aromatic rings. The zero-order valence-corrected chi connectivity index (χ0v) is 17.4. The second-order valence-corrected chi connectivity index (χ2v) is 8.58. The molecule has 1 aliphatic heterocycles. The van der Waals surface area contributed by atoms with E-state index in [1.807, 2.05) is 25.3 Å². The molecule has 1 saturated heterocycles. The molecule has 3 rings (SSSR count). The zero-order valence-electron chi connectivity index (χ0n) is 16.6. The minimum absolute atomic E-state index is 0.0353. The van der Waals surface area contributed by atoms with E-state index in [0.717, 1.165) is 31.4 Å². The normalized spacial score (nSPS) is 17.1. The number of thioether (sulfide) groups is 1. The van der Waals surface area contributed by atoms with Crippen LogP contribution in [0, 0.1) is 5.82 Å². The third kappa shape index (κ3) is 5.32. The van der Waals surface area contributed by atoms with E-state index in [2.05, 4.69) is 15.5 Å². The van der Waals surface area contributed by atoms with Crippen LogP contribution < -0.4 is 5.32 Å². The number of amides is 1. The first-order chi connectivity index (χ1) is 13.4. The number of hydrogen-bond donors (Lipinski definition) is 1. The van der Waals surface area contributed by atoms with Gasteiger partial charge in [-0.1, -0.05) is 18.7 Å². The van der Waals surface area contributed by atoms with E-state index in [4.69, 9.17) is 4.74 Å². The predicted octanol–water partition coefficient (Wildman–Crippen LogP) is 3.66. The largest absolute Gasteiger partial charge is 0.376 e. The molecule has 1 amide bonds. The number of ether oxygens (including phenoxy) is 1. The van der Waals surface area contributed by atoms with Crippen molar-refractivity contribution in [3.05, 3.63) is 30.1 Å². The lowest BCUT2D eigenvalue weighted by atomic mass is 10.0. The summed E-state index contributed by atoms with van der Waals surface area (Å²) in [6, 6.07) is 6.20. The lowest BCUT2D eigenvalue weighted by Gasteiger charge is -2.24. The summed E-state index contributed by atoms with van der Waals surface area (Å²) in [5, 5.41) is 12.3. The Morgan fingerprint density at radius 2 is 2.11 bits per heavy atom. The first-order valence-electron chi connectivity index (χ1n) is 9.62. The highest BCUT2D eigenvalue weighted by molar-refractivity contribution is 7.99. The van der Waals surface area contributed by atoms with E-state index >= 15 is 0 Å². The summed E-state index contributed by atoms with van der Waals surface area (Å²) < 4.78 is 21.0. The number of nitrogens with zero attached hydrogens (tertiary/aromatic N) is 3. The minimum atomic E-state index is -0.293. The van der Waals surface area contributed by atoms with Gasteiger partial charge in [0.2, 0.25) is 5.91 Å². The average Bonchev–Trinajstić information content (AvgIpc) is 3.31. The lowest BCUT2D eigenvalue weighted by Crippen LogP contribution is -2.43. The second-order valence-electron chi connectivity index (χ2n) is 7.63. The topological polar surface area (TPSA) is 69.0 Å². The van der Waals surface area contributed by atoms with Crippen LogP contribution in [0.1, 0.15) is 40.0 Å². The first-order valence-corrected chi connectivity index (χ1v) is 10.6. The summed E-state index contributed by atoms with van der Waals surface area (Å²) in [5.74, 6) is 0.592. The summed E-state index contributed by atoms with van der Waals surface area (Å²) in [5.41, 5.74) is 0.553. The molecule has 0 bridgehead atoms. The van der Waals surface area contributed by atoms with E-state index in [9.17, 15) is 9.18 Å². The summed E-state index contributed by atoms with van der Waals surface area (Å²) in [4.78, 5) is 12.3. The van der Waals surface area contributed by atoms with Crippen LogP contribution in [0.25, 0.3) is 11.4 Å². The maximum absolute atomic E-state index is 13.3. The van der Waals surface area contributed by atoms with Crippen LogP contribution in [0.5, 0.6) is 0 Å². The van der Waals surface area contributed by atoms with Crippen molar-refractivity contribution in [1.29, 1.82) is 0 Å². The van der Waals surface area contributed by atoms with Crippen LogP contribution in [0.2, 0.25) is 0 Å². The SMILES string of the molecule is CCC(C)(C)NC(=O)CSc1nnc(-c2ccc(F)cc2)n1CC1CCCO1. The molecule has 1 N–H and O–H groups in total. The van der Waals surface area contributed by atoms with E-state index in [0.29, 0.717) is 17.5 Å². The van der Waals surface area contributed by atoms with E-state index in [1.54, 1.807) is 12.1 Å². The average molecular weight is 407 g/mol. The van der Waals surface area contributed by atoms with Crippen molar-refractivity contribution < 1.29 is 13.9 Å². The highest BCUT2D eigenvalue weighted by Gasteiger charge is 2.23. The Labute approximate surface area is 169 Å². The molecule has 1 aromatic heterocycles. The van der Waals surface area contributed by atoms with Crippen LogP contribution in [-0.2, 0) is 16.1 Å². The molecule has 0 aliphatic carbocycles. The maximum Gasteiger partial charge on any atom is 0.230 e. The van der Waals surface area contributed by atoms with Crippen molar-refractivity contribution in [2.45, 2.75) is 63.4 Å². The second kappa shape index (κ2) is 9.05. The van der Waals surface area contributed by atoms with Gasteiger partial charge in [0, 0.05) is 17.7 Å². The molecular weight excluding hydrogens is 379 g/mol. The van der Waals surface area contributed by atoms with Crippen LogP contribution in [-0.4, -0.2) is 44.7 Å². The van der Waals surface area contributed by atoms with Gasteiger partial charge in [0.15, 0.2) is 11.0 Å². The lowest BCUT2D eigenvalue weighted by molar-refractivity contribution is -0.120. The number of halogens is 1. The van der Waals surface area contributed by atoms with Gasteiger partial charge in [-0.05, 0) is 57.4 Å². The van der Waals surface area contributed by atoms with Crippen molar-refractivity contribution >= 4 is 17.7 Å². The standard InChI is InChI=1S/C20H27FN4O2S/c1-4-20(2,3)22-17(26)13-28-19-24-23-18(14-7-9-15(21)10-8-14)25(19)12-16-6-5-11-27-16/h7-10,16H,4-6,11-13H2,1-3H3,(H,22,26). The van der Waals surface area contributed by atoms with Gasteiger partial charge < -0.3 is 10.1 Å². The van der Waals surface area contributed by atoms with Crippen LogP contribution in [0.4, 0.5) is 4.39 Å². The molecule has 1 fully saturated rings. The monoisotopic (exact) mass is 406 g/mol. The Morgan fingerprint density at radius 3 is 2.75 bits per heavy atom. The number of hydrogen-bond acceptors (Lipinski definition) is 5. The Hall–Kier alpha value is -1.93. The predicted molar refractivity (Wildman–Crippen MR) is 108 cm³/mol. The van der Waals surface area contributed by atoms with Crippen molar-refractivity contribution in [2.24, 2.45) is 0 Å². The third-order valence-corrected chi connectivity index (χ3v) is 5.89. The fraction of sp³-hybridized carbons (Fsp3) is 0.550. The summed E-state index contributed by atoms with van der Waals surface area (Å²) in [7, 11) is 0. The molecule has 2 heterocycles. The number of benzene rings is 1. The summed E-state index contributed by atoms with van der Waals surface area (Å²) in [6.45, 7) is 7.42. The number of rotatable bonds is 8. The Bertz CT molecular complexity index is 801. The molecule has 152 valence electrons. The zero-order chi connectivity index (χ0) is 20.1. The minimum Gasteiger partial charge on any atom is -0.376 e. The van der Waals surface area contributed by atoms with Gasteiger partial charge in [-0.25, -0.2) is 4.39 Å². The van der Waals surface area contributed by atoms with Crippen LogP contribution in [0.15, 0.2) is 29.4 Å². The fourth-order valence-electron chi connectivity index (χ4n) is 3.00. The quantitative estimate of drug-likeness (QED) is 0.678. The number of aromatic nitrogens is 3. The molecule has 1 atom stereocenters. The van der Waals surface area contributed by atoms with Crippen LogP contribution in [0.3, 0.4) is 0 Å². The summed E-state index contributed by atoms with van der Waals surface area (Å²) in [6.07, 6.45) is 2.97. The van der Waals surface area contributed by atoms with Gasteiger partial charge in [-0.15, -0.1) is 10.2 Å². The molecule has 0 saturated carbocycles. The van der Waals surface area contributed by atoms with Gasteiger partial charge in [-0.3, -0.25) is 9.36 Å². The number of carbonyl (C=O) groups excluding carboxylic acids is 1. The van der Waals surface area contributed by atoms with Gasteiger partial charge >= 0.3 is 0 Å². The van der Waals surface area contributed by atoms with Crippen molar-refractivity contribution in [1.82, 2.24) is 20.1 Å². The highest BCUT2D eigenvalue weighted by Crippen LogP contribution is 2.27. The molecule has 28 heavy (non-hydrogen) atoms. The third-order valence-electron chi connectivity index (χ3n) is 4.92. The molecular formula is C20H27FN4O2S. The van der Waals surface area contributed by atoms with E-state index < -0.39 is 0 Å². The molecule has 0 radical (unpaired) electrons. The van der Waals surface area contributed by atoms with Gasteiger partial charge in [0.1, 0.15) is 5.82 Å². The Balaban J connectivity index is 1.78. The van der Waals surface area contributed by atoms with E-state index in [1.165, 1.54) is 23.9 Å². The molecule has 0 spiro atoms. The summed E-state index contributed by atoms with van der Waals surface area (Å²) >= 11 is 1.36.